The van der Waals surface area contributed by atoms with Gasteiger partial charge in [-0.25, -0.2) is 0 Å². The molecule has 1 atom stereocenters. The minimum absolute atomic E-state index is 0.188. The van der Waals surface area contributed by atoms with E-state index in [4.69, 9.17) is 4.74 Å². The van der Waals surface area contributed by atoms with Crippen LogP contribution < -0.4 is 4.74 Å². The van der Waals surface area contributed by atoms with Crippen LogP contribution in [0.5, 0.6) is 11.5 Å². The van der Waals surface area contributed by atoms with Crippen LogP contribution in [0.15, 0.2) is 18.2 Å². The van der Waals surface area contributed by atoms with Crippen molar-refractivity contribution in [2.75, 3.05) is 14.2 Å². The highest BCUT2D eigenvalue weighted by atomic mass is 16.5. The van der Waals surface area contributed by atoms with Crippen molar-refractivity contribution in [2.24, 2.45) is 5.41 Å². The number of rotatable bonds is 4. The number of hydrogen-bond donors (Lipinski definition) is 1. The van der Waals surface area contributed by atoms with Gasteiger partial charge in [0.1, 0.15) is 0 Å². The Balaban J connectivity index is 2.79. The summed E-state index contributed by atoms with van der Waals surface area (Å²) in [5, 5.41) is 9.57. The first-order chi connectivity index (χ1) is 8.25. The van der Waals surface area contributed by atoms with Gasteiger partial charge in [-0.15, -0.1) is 0 Å². The van der Waals surface area contributed by atoms with Crippen molar-refractivity contribution in [3.8, 4) is 11.5 Å². The summed E-state index contributed by atoms with van der Waals surface area (Å²) in [5.41, 5.74) is 1.39. The fourth-order valence-corrected chi connectivity index (χ4v) is 1.91. The maximum Gasteiger partial charge on any atom is 0.160 e. The first kappa shape index (κ1) is 14.8. The zero-order valence-corrected chi connectivity index (χ0v) is 12.3. The Labute approximate surface area is 110 Å². The van der Waals surface area contributed by atoms with Crippen LogP contribution in [0.4, 0.5) is 0 Å². The third-order valence-corrected chi connectivity index (χ3v) is 3.59. The number of phenols is 1. The van der Waals surface area contributed by atoms with E-state index in [1.54, 1.807) is 13.2 Å². The van der Waals surface area contributed by atoms with E-state index in [0.29, 0.717) is 11.8 Å². The zero-order valence-electron chi connectivity index (χ0n) is 12.3. The predicted molar refractivity (Wildman–Crippen MR) is 75.0 cm³/mol. The molecule has 0 aliphatic carbocycles. The lowest BCUT2D eigenvalue weighted by Crippen LogP contribution is -2.38. The van der Waals surface area contributed by atoms with Crippen molar-refractivity contribution in [1.82, 2.24) is 4.90 Å². The molecule has 0 bridgehead atoms. The molecule has 0 spiro atoms. The summed E-state index contributed by atoms with van der Waals surface area (Å²) < 4.78 is 5.13. The Bertz CT molecular complexity index is 396. The number of phenolic OH excluding ortho intramolecular Hbond substituents is 1. The lowest BCUT2D eigenvalue weighted by Gasteiger charge is -2.35. The molecule has 1 N–H and O–H groups in total. The van der Waals surface area contributed by atoms with Gasteiger partial charge in [0, 0.05) is 12.6 Å². The molecule has 0 radical (unpaired) electrons. The molecule has 1 rings (SSSR count). The van der Waals surface area contributed by atoms with Crippen LogP contribution in [0.3, 0.4) is 0 Å². The number of benzene rings is 1. The second-order valence-electron chi connectivity index (χ2n) is 5.96. The molecule has 0 aromatic heterocycles. The summed E-state index contributed by atoms with van der Waals surface area (Å²) in [6, 6.07) is 5.98. The quantitative estimate of drug-likeness (QED) is 0.891. The highest BCUT2D eigenvalue weighted by molar-refractivity contribution is 5.41. The lowest BCUT2D eigenvalue weighted by atomic mass is 9.87. The summed E-state index contributed by atoms with van der Waals surface area (Å²) in [4.78, 5) is 2.31. The number of methoxy groups -OCH3 is 1. The fourth-order valence-electron chi connectivity index (χ4n) is 1.91. The van der Waals surface area contributed by atoms with Gasteiger partial charge in [0.15, 0.2) is 11.5 Å². The molecule has 0 aliphatic rings. The Morgan fingerprint density at radius 2 is 1.94 bits per heavy atom. The van der Waals surface area contributed by atoms with E-state index < -0.39 is 0 Å². The molecule has 1 aromatic rings. The van der Waals surface area contributed by atoms with Crippen LogP contribution in [0.25, 0.3) is 0 Å². The molecule has 3 heteroatoms. The van der Waals surface area contributed by atoms with Crippen molar-refractivity contribution in [3.05, 3.63) is 23.8 Å². The number of nitrogens with zero attached hydrogens (tertiary/aromatic N) is 1. The molecule has 0 saturated carbocycles. The number of ether oxygens (including phenoxy) is 1. The van der Waals surface area contributed by atoms with E-state index in [2.05, 4.69) is 39.6 Å². The van der Waals surface area contributed by atoms with Gasteiger partial charge in [0.05, 0.1) is 7.11 Å². The Kier molecular flexibility index (Phi) is 4.63. The Morgan fingerprint density at radius 3 is 2.44 bits per heavy atom. The lowest BCUT2D eigenvalue weighted by molar-refractivity contribution is 0.134. The van der Waals surface area contributed by atoms with Gasteiger partial charge in [-0.05, 0) is 37.1 Å². The number of aromatic hydroxyl groups is 1. The van der Waals surface area contributed by atoms with Gasteiger partial charge >= 0.3 is 0 Å². The van der Waals surface area contributed by atoms with Crippen molar-refractivity contribution in [2.45, 2.75) is 40.3 Å². The molecular weight excluding hydrogens is 226 g/mol. The van der Waals surface area contributed by atoms with Crippen LogP contribution in [0.2, 0.25) is 0 Å². The monoisotopic (exact) mass is 251 g/mol. The predicted octanol–water partition coefficient (Wildman–Crippen LogP) is 3.27. The maximum absolute atomic E-state index is 9.57. The maximum atomic E-state index is 9.57. The van der Waals surface area contributed by atoms with E-state index in [-0.39, 0.29) is 11.2 Å². The minimum Gasteiger partial charge on any atom is -0.504 e. The molecule has 0 amide bonds. The molecule has 1 aromatic carbocycles. The van der Waals surface area contributed by atoms with E-state index in [1.807, 2.05) is 12.1 Å². The van der Waals surface area contributed by atoms with Crippen molar-refractivity contribution >= 4 is 0 Å². The van der Waals surface area contributed by atoms with Crippen LogP contribution >= 0.6 is 0 Å². The smallest absolute Gasteiger partial charge is 0.160 e. The van der Waals surface area contributed by atoms with Crippen LogP contribution in [0.1, 0.15) is 33.3 Å². The van der Waals surface area contributed by atoms with Crippen molar-refractivity contribution in [3.63, 3.8) is 0 Å². The van der Waals surface area contributed by atoms with Crippen LogP contribution in [0, 0.1) is 5.41 Å². The Morgan fingerprint density at radius 1 is 1.33 bits per heavy atom. The van der Waals surface area contributed by atoms with Crippen molar-refractivity contribution in [1.29, 1.82) is 0 Å². The van der Waals surface area contributed by atoms with E-state index in [9.17, 15) is 5.11 Å². The molecule has 18 heavy (non-hydrogen) atoms. The van der Waals surface area contributed by atoms with Crippen LogP contribution in [-0.2, 0) is 6.54 Å². The van der Waals surface area contributed by atoms with Gasteiger partial charge in [-0.1, -0.05) is 26.8 Å². The summed E-state index contributed by atoms with van der Waals surface area (Å²) in [6.45, 7) is 9.80. The standard InChI is InChI=1S/C15H25NO2/c1-11(15(2,3)4)16(5)10-12-7-8-13(17)14(9-12)18-6/h7-9,11,17H,10H2,1-6H3. The SMILES string of the molecule is COc1cc(CN(C)C(C)C(C)(C)C)ccc1O. The minimum atomic E-state index is 0.188. The molecule has 1 unspecified atom stereocenters. The highest BCUT2D eigenvalue weighted by Crippen LogP contribution is 2.28. The van der Waals surface area contributed by atoms with E-state index >= 15 is 0 Å². The second kappa shape index (κ2) is 5.61. The van der Waals surface area contributed by atoms with Crippen LogP contribution in [-0.4, -0.2) is 30.2 Å². The summed E-state index contributed by atoms with van der Waals surface area (Å²) >= 11 is 0. The average Bonchev–Trinajstić information content (AvgIpc) is 2.29. The first-order valence-electron chi connectivity index (χ1n) is 6.32. The normalized spacial score (nSPS) is 13.7. The molecular formula is C15H25NO2. The summed E-state index contributed by atoms with van der Waals surface area (Å²) in [5.74, 6) is 0.720. The molecule has 0 heterocycles. The second-order valence-corrected chi connectivity index (χ2v) is 5.96. The van der Waals surface area contributed by atoms with Gasteiger partial charge in [0.25, 0.3) is 0 Å². The highest BCUT2D eigenvalue weighted by Gasteiger charge is 2.23. The Hall–Kier alpha value is -1.22. The van der Waals surface area contributed by atoms with Gasteiger partial charge in [-0.2, -0.15) is 0 Å². The molecule has 0 fully saturated rings. The third-order valence-electron chi connectivity index (χ3n) is 3.59. The average molecular weight is 251 g/mol. The van der Waals surface area contributed by atoms with Gasteiger partial charge in [0.2, 0.25) is 0 Å². The molecule has 3 nitrogen and oxygen atoms in total. The first-order valence-corrected chi connectivity index (χ1v) is 6.32. The van der Waals surface area contributed by atoms with Gasteiger partial charge in [-0.3, -0.25) is 4.90 Å². The largest absolute Gasteiger partial charge is 0.504 e. The fraction of sp³-hybridized carbons (Fsp3) is 0.600. The summed E-state index contributed by atoms with van der Waals surface area (Å²) in [7, 11) is 3.69. The number of hydrogen-bond acceptors (Lipinski definition) is 3. The topological polar surface area (TPSA) is 32.7 Å². The van der Waals surface area contributed by atoms with E-state index in [1.165, 1.54) is 0 Å². The van der Waals surface area contributed by atoms with Crippen molar-refractivity contribution < 1.29 is 9.84 Å². The summed E-state index contributed by atoms with van der Waals surface area (Å²) in [6.07, 6.45) is 0. The van der Waals surface area contributed by atoms with E-state index in [0.717, 1.165) is 12.1 Å². The van der Waals surface area contributed by atoms with Gasteiger partial charge < -0.3 is 9.84 Å². The third kappa shape index (κ3) is 3.64. The zero-order chi connectivity index (χ0) is 13.9. The molecule has 0 aliphatic heterocycles. The molecule has 102 valence electrons. The molecule has 0 saturated heterocycles.